The summed E-state index contributed by atoms with van der Waals surface area (Å²) in [5.74, 6) is 0.596. The third kappa shape index (κ3) is 4.28. The molecule has 1 aromatic heterocycles. The Balaban J connectivity index is 2.61. The summed E-state index contributed by atoms with van der Waals surface area (Å²) in [5.41, 5.74) is 1.24. The summed E-state index contributed by atoms with van der Waals surface area (Å²) in [6, 6.07) is 6.20. The Morgan fingerprint density at radius 1 is 1.27 bits per heavy atom. The molecule has 0 aliphatic heterocycles. The molecule has 0 N–H and O–H groups in total. The maximum atomic E-state index is 4.44. The molecule has 0 aliphatic rings. The van der Waals surface area contributed by atoms with Crippen LogP contribution in [-0.2, 0) is 0 Å². The predicted octanol–water partition coefficient (Wildman–Crippen LogP) is 4.32. The molecular weight excluding hydrogens is 182 g/mol. The number of rotatable bonds is 6. The Hall–Kier alpha value is -1.11. The molecule has 0 fully saturated rings. The van der Waals surface area contributed by atoms with Gasteiger partial charge in [-0.2, -0.15) is 0 Å². The lowest BCUT2D eigenvalue weighted by atomic mass is 9.95. The van der Waals surface area contributed by atoms with Crippen molar-refractivity contribution in [1.29, 1.82) is 0 Å². The largest absolute Gasteiger partial charge is 0.261 e. The minimum absolute atomic E-state index is 0.596. The number of aromatic nitrogens is 1. The second-order valence-electron chi connectivity index (χ2n) is 3.86. The average Bonchev–Trinajstić information content (AvgIpc) is 2.29. The van der Waals surface area contributed by atoms with E-state index in [1.54, 1.807) is 0 Å². The van der Waals surface area contributed by atoms with Gasteiger partial charge in [0.2, 0.25) is 0 Å². The normalized spacial score (nSPS) is 13.2. The van der Waals surface area contributed by atoms with Crippen LogP contribution < -0.4 is 0 Å². The molecule has 82 valence electrons. The van der Waals surface area contributed by atoms with Crippen LogP contribution in [0.1, 0.15) is 51.1 Å². The van der Waals surface area contributed by atoms with Gasteiger partial charge in [0.15, 0.2) is 0 Å². The number of pyridine rings is 1. The third-order valence-electron chi connectivity index (χ3n) is 2.57. The summed E-state index contributed by atoms with van der Waals surface area (Å²) in [4.78, 5) is 4.44. The van der Waals surface area contributed by atoms with Gasteiger partial charge in [-0.25, -0.2) is 0 Å². The minimum Gasteiger partial charge on any atom is -0.261 e. The molecule has 1 heterocycles. The van der Waals surface area contributed by atoms with Crippen molar-refractivity contribution < 1.29 is 0 Å². The molecule has 15 heavy (non-hydrogen) atoms. The van der Waals surface area contributed by atoms with E-state index in [2.05, 4.69) is 43.1 Å². The topological polar surface area (TPSA) is 12.9 Å². The Morgan fingerprint density at radius 2 is 2.13 bits per heavy atom. The van der Waals surface area contributed by atoms with Crippen LogP contribution in [0.4, 0.5) is 0 Å². The Bertz CT molecular complexity index is 277. The van der Waals surface area contributed by atoms with E-state index in [1.165, 1.54) is 18.5 Å². The highest BCUT2D eigenvalue weighted by Crippen LogP contribution is 2.23. The van der Waals surface area contributed by atoms with Gasteiger partial charge >= 0.3 is 0 Å². The summed E-state index contributed by atoms with van der Waals surface area (Å²) in [6.07, 6.45) is 11.1. The van der Waals surface area contributed by atoms with E-state index >= 15 is 0 Å². The molecule has 0 saturated heterocycles. The highest BCUT2D eigenvalue weighted by molar-refractivity contribution is 5.10. The van der Waals surface area contributed by atoms with Gasteiger partial charge in [0.1, 0.15) is 0 Å². The molecule has 1 aromatic rings. The van der Waals surface area contributed by atoms with Crippen LogP contribution in [0.25, 0.3) is 0 Å². The second kappa shape index (κ2) is 7.22. The van der Waals surface area contributed by atoms with Crippen LogP contribution in [-0.4, -0.2) is 4.98 Å². The van der Waals surface area contributed by atoms with Crippen LogP contribution >= 0.6 is 0 Å². The van der Waals surface area contributed by atoms with Crippen LogP contribution in [0, 0.1) is 0 Å². The van der Waals surface area contributed by atoms with E-state index in [4.69, 9.17) is 0 Å². The van der Waals surface area contributed by atoms with Gasteiger partial charge < -0.3 is 0 Å². The molecule has 0 aliphatic carbocycles. The first-order valence-electron chi connectivity index (χ1n) is 5.94. The number of hydrogen-bond acceptors (Lipinski definition) is 1. The zero-order chi connectivity index (χ0) is 10.9. The van der Waals surface area contributed by atoms with Crippen molar-refractivity contribution in [1.82, 2.24) is 4.98 Å². The Morgan fingerprint density at radius 3 is 2.73 bits per heavy atom. The van der Waals surface area contributed by atoms with Crippen molar-refractivity contribution >= 4 is 0 Å². The van der Waals surface area contributed by atoms with Gasteiger partial charge in [-0.05, 0) is 31.4 Å². The molecule has 0 saturated carbocycles. The van der Waals surface area contributed by atoms with E-state index in [0.717, 1.165) is 12.8 Å². The molecule has 0 spiro atoms. The highest BCUT2D eigenvalue weighted by Gasteiger charge is 2.09. The number of nitrogens with zero attached hydrogens (tertiary/aromatic N) is 1. The summed E-state index contributed by atoms with van der Waals surface area (Å²) < 4.78 is 0. The number of hydrogen-bond donors (Lipinski definition) is 0. The van der Waals surface area contributed by atoms with Crippen molar-refractivity contribution in [3.8, 4) is 0 Å². The molecule has 1 heteroatoms. The lowest BCUT2D eigenvalue weighted by molar-refractivity contribution is 0.604. The van der Waals surface area contributed by atoms with E-state index in [9.17, 15) is 0 Å². The van der Waals surface area contributed by atoms with Crippen molar-refractivity contribution in [2.75, 3.05) is 0 Å². The third-order valence-corrected chi connectivity index (χ3v) is 2.57. The second-order valence-corrected chi connectivity index (χ2v) is 3.86. The van der Waals surface area contributed by atoms with Crippen molar-refractivity contribution in [2.24, 2.45) is 0 Å². The minimum atomic E-state index is 0.596. The van der Waals surface area contributed by atoms with Crippen LogP contribution in [0.2, 0.25) is 0 Å². The van der Waals surface area contributed by atoms with E-state index in [1.807, 2.05) is 12.3 Å². The van der Waals surface area contributed by atoms with Crippen molar-refractivity contribution in [3.05, 3.63) is 42.2 Å². The maximum absolute atomic E-state index is 4.44. The van der Waals surface area contributed by atoms with Gasteiger partial charge in [-0.3, -0.25) is 4.98 Å². The first kappa shape index (κ1) is 12.0. The van der Waals surface area contributed by atoms with E-state index in [-0.39, 0.29) is 0 Å². The molecule has 0 aromatic carbocycles. The van der Waals surface area contributed by atoms with Crippen molar-refractivity contribution in [2.45, 2.75) is 45.4 Å². The zero-order valence-electron chi connectivity index (χ0n) is 9.82. The summed E-state index contributed by atoms with van der Waals surface area (Å²) in [5, 5.41) is 0. The van der Waals surface area contributed by atoms with Gasteiger partial charge in [0.05, 0.1) is 0 Å². The molecule has 1 rings (SSSR count). The first-order chi connectivity index (χ1) is 7.38. The fourth-order valence-electron chi connectivity index (χ4n) is 1.78. The quantitative estimate of drug-likeness (QED) is 0.627. The predicted molar refractivity (Wildman–Crippen MR) is 65.9 cm³/mol. The van der Waals surface area contributed by atoms with Gasteiger partial charge in [-0.15, -0.1) is 0 Å². The Labute approximate surface area is 93.2 Å². The standard InChI is InChI=1S/C14H21N/c1-3-5-6-10-13(9-4-2)14-11-7-8-12-15-14/h5-8,11-13H,3-4,9-10H2,1-2H3/b6-5-. The molecule has 0 radical (unpaired) electrons. The lowest BCUT2D eigenvalue weighted by Gasteiger charge is -2.12. The molecule has 0 bridgehead atoms. The van der Waals surface area contributed by atoms with E-state index in [0.29, 0.717) is 5.92 Å². The summed E-state index contributed by atoms with van der Waals surface area (Å²) in [7, 11) is 0. The molecule has 1 unspecified atom stereocenters. The SMILES string of the molecule is CC/C=C\CC(CCC)c1ccccn1. The molecular formula is C14H21N. The number of allylic oxidation sites excluding steroid dienone is 2. The molecule has 1 atom stereocenters. The van der Waals surface area contributed by atoms with Gasteiger partial charge in [-0.1, -0.05) is 38.5 Å². The average molecular weight is 203 g/mol. The maximum Gasteiger partial charge on any atom is 0.0437 e. The van der Waals surface area contributed by atoms with E-state index < -0.39 is 0 Å². The van der Waals surface area contributed by atoms with Crippen LogP contribution in [0.5, 0.6) is 0 Å². The van der Waals surface area contributed by atoms with Gasteiger partial charge in [0.25, 0.3) is 0 Å². The van der Waals surface area contributed by atoms with Gasteiger partial charge in [0, 0.05) is 17.8 Å². The summed E-state index contributed by atoms with van der Waals surface area (Å²) >= 11 is 0. The first-order valence-corrected chi connectivity index (χ1v) is 5.94. The van der Waals surface area contributed by atoms with Crippen LogP contribution in [0.3, 0.4) is 0 Å². The lowest BCUT2D eigenvalue weighted by Crippen LogP contribution is -1.99. The highest BCUT2D eigenvalue weighted by atomic mass is 14.7. The molecule has 0 amide bonds. The van der Waals surface area contributed by atoms with Crippen molar-refractivity contribution in [3.63, 3.8) is 0 Å². The van der Waals surface area contributed by atoms with Crippen LogP contribution in [0.15, 0.2) is 36.5 Å². The fourth-order valence-corrected chi connectivity index (χ4v) is 1.78. The zero-order valence-corrected chi connectivity index (χ0v) is 9.82. The monoisotopic (exact) mass is 203 g/mol. The smallest absolute Gasteiger partial charge is 0.0437 e. The molecule has 1 nitrogen and oxygen atoms in total. The Kier molecular flexibility index (Phi) is 5.76. The summed E-state index contributed by atoms with van der Waals surface area (Å²) in [6.45, 7) is 4.41. The fraction of sp³-hybridized carbons (Fsp3) is 0.500.